The number of nitrogens with one attached hydrogen (secondary N) is 2. The lowest BCUT2D eigenvalue weighted by atomic mass is 9.70. The molecular weight excluding hydrogens is 324 g/mol. The van der Waals surface area contributed by atoms with Gasteiger partial charge >= 0.3 is 0 Å². The smallest absolute Gasteiger partial charge is 0.158 e. The monoisotopic (exact) mass is 340 g/mol. The van der Waals surface area contributed by atoms with E-state index in [1.165, 1.54) is 5.56 Å². The maximum absolute atomic E-state index is 4.57. The molecule has 6 nitrogen and oxygen atoms in total. The predicted octanol–water partition coefficient (Wildman–Crippen LogP) is 3.15. The van der Waals surface area contributed by atoms with Crippen LogP contribution < -0.4 is 0 Å². The third-order valence-corrected chi connectivity index (χ3v) is 4.92. The summed E-state index contributed by atoms with van der Waals surface area (Å²) in [6.07, 6.45) is 12.0. The molecule has 2 N–H and O–H groups in total. The van der Waals surface area contributed by atoms with Crippen molar-refractivity contribution >= 4 is 6.08 Å². The van der Waals surface area contributed by atoms with E-state index < -0.39 is 0 Å². The Morgan fingerprint density at radius 2 is 1.92 bits per heavy atom. The molecule has 0 radical (unpaired) electrons. The summed E-state index contributed by atoms with van der Waals surface area (Å²) in [4.78, 5) is 16.1. The topological polar surface area (TPSA) is 83.1 Å². The zero-order chi connectivity index (χ0) is 17.4. The van der Waals surface area contributed by atoms with Crippen LogP contribution >= 0.6 is 0 Å². The largest absolute Gasteiger partial charge is 0.343 e. The fraction of sp³-hybridized carbons (Fsp3) is 0.100. The van der Waals surface area contributed by atoms with E-state index in [0.717, 1.165) is 34.9 Å². The molecule has 0 saturated carbocycles. The van der Waals surface area contributed by atoms with Crippen molar-refractivity contribution in [1.29, 1.82) is 0 Å². The van der Waals surface area contributed by atoms with Crippen molar-refractivity contribution in [3.8, 4) is 11.5 Å². The van der Waals surface area contributed by atoms with E-state index in [1.54, 1.807) is 24.9 Å². The Morgan fingerprint density at radius 3 is 2.69 bits per heavy atom. The Kier molecular flexibility index (Phi) is 3.28. The minimum Gasteiger partial charge on any atom is -0.343 e. The van der Waals surface area contributed by atoms with Gasteiger partial charge in [0.15, 0.2) is 5.82 Å². The molecule has 0 fully saturated rings. The maximum atomic E-state index is 4.57. The number of H-pyrrole nitrogens is 2. The molecular formula is C20H16N6. The number of allylic oxidation sites excluding steroid dienone is 1. The molecule has 1 aliphatic carbocycles. The molecule has 1 atom stereocenters. The second-order valence-corrected chi connectivity index (χ2v) is 6.34. The van der Waals surface area contributed by atoms with Gasteiger partial charge in [0.05, 0.1) is 11.1 Å². The fourth-order valence-corrected chi connectivity index (χ4v) is 3.65. The number of aromatic nitrogens is 6. The van der Waals surface area contributed by atoms with Gasteiger partial charge in [0.1, 0.15) is 12.0 Å². The third kappa shape index (κ3) is 2.19. The van der Waals surface area contributed by atoms with Crippen LogP contribution in [0.2, 0.25) is 0 Å². The lowest BCUT2D eigenvalue weighted by molar-refractivity contribution is 0.598. The van der Waals surface area contributed by atoms with Gasteiger partial charge in [-0.3, -0.25) is 5.10 Å². The van der Waals surface area contributed by atoms with Crippen LogP contribution in [0.1, 0.15) is 22.5 Å². The van der Waals surface area contributed by atoms with Crippen molar-refractivity contribution in [3.05, 3.63) is 89.9 Å². The lowest BCUT2D eigenvalue weighted by Gasteiger charge is -2.33. The number of nitrogens with zero attached hydrogens (tertiary/aromatic N) is 4. The highest BCUT2D eigenvalue weighted by Crippen LogP contribution is 2.41. The highest BCUT2D eigenvalue weighted by molar-refractivity contribution is 5.73. The number of hydrogen-bond acceptors (Lipinski definition) is 4. The molecule has 0 aliphatic heterocycles. The van der Waals surface area contributed by atoms with E-state index in [9.17, 15) is 0 Å². The summed E-state index contributed by atoms with van der Waals surface area (Å²) in [7, 11) is 0. The average molecular weight is 340 g/mol. The summed E-state index contributed by atoms with van der Waals surface area (Å²) in [5.41, 5.74) is 4.78. The first-order valence-corrected chi connectivity index (χ1v) is 8.45. The molecule has 126 valence electrons. The van der Waals surface area contributed by atoms with Crippen LogP contribution in [0, 0.1) is 0 Å². The van der Waals surface area contributed by atoms with Gasteiger partial charge in [-0.25, -0.2) is 15.0 Å². The molecule has 0 bridgehead atoms. The summed E-state index contributed by atoms with van der Waals surface area (Å²) in [6, 6.07) is 12.4. The lowest BCUT2D eigenvalue weighted by Crippen LogP contribution is -2.31. The highest BCUT2D eigenvalue weighted by Gasteiger charge is 2.37. The standard InChI is InChI=1S/C20H16N6/c1-2-4-14(5-3-1)20(17-7-9-21-13-24-17)8-6-15-16(12-20)25-26-18(15)19-22-10-11-23-19/h1-11,13H,12H2,(H,22,23)(H,25,26). The van der Waals surface area contributed by atoms with Gasteiger partial charge in [-0.2, -0.15) is 5.10 Å². The molecule has 26 heavy (non-hydrogen) atoms. The molecule has 1 aromatic carbocycles. The summed E-state index contributed by atoms with van der Waals surface area (Å²) >= 11 is 0. The minimum atomic E-state index is -0.357. The van der Waals surface area contributed by atoms with Gasteiger partial charge in [0.25, 0.3) is 0 Å². The Morgan fingerprint density at radius 1 is 1.00 bits per heavy atom. The van der Waals surface area contributed by atoms with Gasteiger partial charge in [-0.15, -0.1) is 0 Å². The van der Waals surface area contributed by atoms with Crippen LogP contribution in [0.15, 0.2) is 67.4 Å². The fourth-order valence-electron chi connectivity index (χ4n) is 3.65. The van der Waals surface area contributed by atoms with Crippen molar-refractivity contribution in [2.24, 2.45) is 0 Å². The van der Waals surface area contributed by atoms with E-state index in [-0.39, 0.29) is 5.41 Å². The quantitative estimate of drug-likeness (QED) is 0.600. The van der Waals surface area contributed by atoms with E-state index in [0.29, 0.717) is 0 Å². The van der Waals surface area contributed by atoms with Crippen LogP contribution in [-0.2, 0) is 11.8 Å². The van der Waals surface area contributed by atoms with Gasteiger partial charge in [0, 0.05) is 36.3 Å². The van der Waals surface area contributed by atoms with Crippen molar-refractivity contribution < 1.29 is 0 Å². The third-order valence-electron chi connectivity index (χ3n) is 4.92. The molecule has 4 aromatic rings. The first-order valence-electron chi connectivity index (χ1n) is 8.45. The van der Waals surface area contributed by atoms with Crippen LogP contribution in [0.5, 0.6) is 0 Å². The maximum Gasteiger partial charge on any atom is 0.158 e. The number of hydrogen-bond donors (Lipinski definition) is 2. The first-order chi connectivity index (χ1) is 12.9. The van der Waals surface area contributed by atoms with Crippen molar-refractivity contribution in [2.75, 3.05) is 0 Å². The van der Waals surface area contributed by atoms with Crippen LogP contribution in [0.25, 0.3) is 17.6 Å². The molecule has 1 aliphatic rings. The Hall–Kier alpha value is -3.54. The van der Waals surface area contributed by atoms with E-state index in [2.05, 4.69) is 66.6 Å². The molecule has 3 heterocycles. The SMILES string of the molecule is C1=CC(c2ccccc2)(c2ccncn2)Cc2[nH]nc(-c3ncc[nH]3)c21. The van der Waals surface area contributed by atoms with E-state index in [4.69, 9.17) is 0 Å². The van der Waals surface area contributed by atoms with Crippen LogP contribution in [0.4, 0.5) is 0 Å². The number of imidazole rings is 1. The summed E-state index contributed by atoms with van der Waals surface area (Å²) in [5, 5.41) is 7.69. The average Bonchev–Trinajstić information content (AvgIpc) is 3.38. The number of rotatable bonds is 3. The Bertz CT molecular complexity index is 1010. The Labute approximate surface area is 150 Å². The molecule has 0 spiro atoms. The Balaban J connectivity index is 1.67. The molecule has 3 aromatic heterocycles. The van der Waals surface area contributed by atoms with Crippen LogP contribution in [0.3, 0.4) is 0 Å². The second-order valence-electron chi connectivity index (χ2n) is 6.34. The van der Waals surface area contributed by atoms with Crippen molar-refractivity contribution in [3.63, 3.8) is 0 Å². The summed E-state index contributed by atoms with van der Waals surface area (Å²) < 4.78 is 0. The first kappa shape index (κ1) is 14.8. The van der Waals surface area contributed by atoms with Crippen molar-refractivity contribution in [2.45, 2.75) is 11.8 Å². The van der Waals surface area contributed by atoms with Gasteiger partial charge in [-0.05, 0) is 11.6 Å². The van der Waals surface area contributed by atoms with Crippen LogP contribution in [-0.4, -0.2) is 30.1 Å². The molecule has 1 unspecified atom stereocenters. The normalized spacial score (nSPS) is 18.6. The molecule has 0 saturated heterocycles. The summed E-state index contributed by atoms with van der Waals surface area (Å²) in [5.74, 6) is 0.765. The van der Waals surface area contributed by atoms with Gasteiger partial charge < -0.3 is 4.98 Å². The van der Waals surface area contributed by atoms with E-state index >= 15 is 0 Å². The molecule has 5 rings (SSSR count). The highest BCUT2D eigenvalue weighted by atomic mass is 15.1. The molecule has 6 heteroatoms. The summed E-state index contributed by atoms with van der Waals surface area (Å²) in [6.45, 7) is 0. The zero-order valence-electron chi connectivity index (χ0n) is 13.9. The second kappa shape index (κ2) is 5.77. The van der Waals surface area contributed by atoms with Gasteiger partial charge in [0.2, 0.25) is 0 Å². The minimum absolute atomic E-state index is 0.357. The van der Waals surface area contributed by atoms with Gasteiger partial charge in [-0.1, -0.05) is 42.5 Å². The molecule has 0 amide bonds. The van der Waals surface area contributed by atoms with E-state index in [1.807, 2.05) is 12.1 Å². The number of fused-ring (bicyclic) bond motifs is 1. The van der Waals surface area contributed by atoms with Crippen molar-refractivity contribution in [1.82, 2.24) is 30.1 Å². The predicted molar refractivity (Wildman–Crippen MR) is 98.2 cm³/mol. The number of benzene rings is 1. The number of aromatic amines is 2. The zero-order valence-corrected chi connectivity index (χ0v) is 13.9.